The molecule has 3 heteroatoms. The predicted octanol–water partition coefficient (Wildman–Crippen LogP) is 11.4. The van der Waals surface area contributed by atoms with E-state index in [0.29, 0.717) is 0 Å². The van der Waals surface area contributed by atoms with Gasteiger partial charge in [0.05, 0.1) is 11.0 Å². The van der Waals surface area contributed by atoms with Crippen molar-refractivity contribution in [1.29, 1.82) is 0 Å². The smallest absolute Gasteiger partial charge is 0.114 e. The standard InChI is InChI=1S/C44H31N3/c1-2-42-46-40-15-7-8-16-41(40)47(42)35-24-23-31-26-33(22-21-32(31)27-35)44-38-13-5-3-11-36(38)43(37-12-4-6-14-39(37)44)30-19-17-29(18-20-30)34-10-9-25-45-28-34/h3-28H,2H2,1H3. The van der Waals surface area contributed by atoms with Crippen molar-refractivity contribution in [2.75, 3.05) is 0 Å². The Morgan fingerprint density at radius 3 is 1.79 bits per heavy atom. The number of fused-ring (bicyclic) bond motifs is 4. The van der Waals surface area contributed by atoms with E-state index in [2.05, 4.69) is 156 Å². The summed E-state index contributed by atoms with van der Waals surface area (Å²) in [5.74, 6) is 1.08. The third-order valence-corrected chi connectivity index (χ3v) is 9.42. The van der Waals surface area contributed by atoms with Crippen LogP contribution in [0.3, 0.4) is 0 Å². The van der Waals surface area contributed by atoms with Crippen LogP contribution in [0.15, 0.2) is 158 Å². The van der Waals surface area contributed by atoms with Crippen LogP contribution in [0.2, 0.25) is 0 Å². The van der Waals surface area contributed by atoms with Crippen molar-refractivity contribution in [3.8, 4) is 39.1 Å². The van der Waals surface area contributed by atoms with E-state index in [1.165, 1.54) is 60.1 Å². The molecule has 0 radical (unpaired) electrons. The summed E-state index contributed by atoms with van der Waals surface area (Å²) in [6.07, 6.45) is 4.60. The Morgan fingerprint density at radius 1 is 0.511 bits per heavy atom. The molecule has 0 bridgehead atoms. The van der Waals surface area contributed by atoms with Gasteiger partial charge in [-0.3, -0.25) is 9.55 Å². The Kier molecular flexibility index (Phi) is 6.43. The maximum Gasteiger partial charge on any atom is 0.114 e. The molecule has 3 nitrogen and oxygen atoms in total. The molecule has 2 aromatic heterocycles. The number of para-hydroxylation sites is 2. The molecule has 0 unspecified atom stereocenters. The van der Waals surface area contributed by atoms with Gasteiger partial charge in [0, 0.05) is 24.5 Å². The summed E-state index contributed by atoms with van der Waals surface area (Å²) >= 11 is 0. The molecule has 0 amide bonds. The first-order valence-electron chi connectivity index (χ1n) is 16.2. The molecule has 222 valence electrons. The first kappa shape index (κ1) is 27.3. The van der Waals surface area contributed by atoms with E-state index in [1.54, 1.807) is 0 Å². The van der Waals surface area contributed by atoms with Crippen LogP contribution in [-0.4, -0.2) is 14.5 Å². The lowest BCUT2D eigenvalue weighted by molar-refractivity contribution is 0.909. The number of hydrogen-bond donors (Lipinski definition) is 0. The van der Waals surface area contributed by atoms with Crippen molar-refractivity contribution in [3.05, 3.63) is 164 Å². The van der Waals surface area contributed by atoms with E-state index < -0.39 is 0 Å². The molecule has 0 spiro atoms. The molecule has 0 aliphatic heterocycles. The highest BCUT2D eigenvalue weighted by molar-refractivity contribution is 6.21. The molecule has 9 aromatic rings. The highest BCUT2D eigenvalue weighted by Crippen LogP contribution is 2.44. The Morgan fingerprint density at radius 2 is 1.11 bits per heavy atom. The van der Waals surface area contributed by atoms with Gasteiger partial charge in [0.25, 0.3) is 0 Å². The first-order valence-corrected chi connectivity index (χ1v) is 16.2. The van der Waals surface area contributed by atoms with Gasteiger partial charge in [-0.2, -0.15) is 0 Å². The molecule has 0 N–H and O–H groups in total. The fourth-order valence-electron chi connectivity index (χ4n) is 7.24. The maximum atomic E-state index is 4.91. The number of pyridine rings is 1. The second kappa shape index (κ2) is 11.1. The molecule has 7 aromatic carbocycles. The normalized spacial score (nSPS) is 11.6. The quantitative estimate of drug-likeness (QED) is 0.184. The lowest BCUT2D eigenvalue weighted by Gasteiger charge is -2.18. The minimum atomic E-state index is 0.871. The molecule has 0 fully saturated rings. The molecular formula is C44H31N3. The van der Waals surface area contributed by atoms with E-state index in [-0.39, 0.29) is 0 Å². The van der Waals surface area contributed by atoms with Crippen LogP contribution in [0.1, 0.15) is 12.7 Å². The molecular weight excluding hydrogens is 571 g/mol. The highest BCUT2D eigenvalue weighted by atomic mass is 15.1. The fraction of sp³-hybridized carbons (Fsp3) is 0.0455. The fourth-order valence-corrected chi connectivity index (χ4v) is 7.24. The third kappa shape index (κ3) is 4.51. The largest absolute Gasteiger partial charge is 0.296 e. The molecule has 0 aliphatic rings. The monoisotopic (exact) mass is 601 g/mol. The van der Waals surface area contributed by atoms with Crippen LogP contribution >= 0.6 is 0 Å². The molecule has 0 saturated heterocycles. The summed E-state index contributed by atoms with van der Waals surface area (Å²) in [6.45, 7) is 2.17. The third-order valence-electron chi connectivity index (χ3n) is 9.42. The average Bonchev–Trinajstić information content (AvgIpc) is 3.53. The van der Waals surface area contributed by atoms with Gasteiger partial charge in [0.1, 0.15) is 5.82 Å². The molecule has 2 heterocycles. The topological polar surface area (TPSA) is 30.7 Å². The van der Waals surface area contributed by atoms with Gasteiger partial charge in [-0.05, 0) is 102 Å². The summed E-state index contributed by atoms with van der Waals surface area (Å²) in [5.41, 5.74) is 10.6. The molecule has 9 rings (SSSR count). The van der Waals surface area contributed by atoms with Crippen molar-refractivity contribution in [1.82, 2.24) is 14.5 Å². The van der Waals surface area contributed by atoms with E-state index >= 15 is 0 Å². The maximum absolute atomic E-state index is 4.91. The lowest BCUT2D eigenvalue weighted by Crippen LogP contribution is -2.00. The van der Waals surface area contributed by atoms with Gasteiger partial charge in [-0.25, -0.2) is 4.98 Å². The SMILES string of the molecule is CCc1nc2ccccc2n1-c1ccc2cc(-c3c4ccccc4c(-c4ccc(-c5cccnc5)cc4)c4ccccc34)ccc2c1. The highest BCUT2D eigenvalue weighted by Gasteiger charge is 2.17. The zero-order valence-corrected chi connectivity index (χ0v) is 26.1. The summed E-state index contributed by atoms with van der Waals surface area (Å²) in [4.78, 5) is 9.22. The molecule has 47 heavy (non-hydrogen) atoms. The number of benzene rings is 7. The summed E-state index contributed by atoms with van der Waals surface area (Å²) in [5, 5.41) is 7.45. The Hall–Kier alpha value is -6.06. The summed E-state index contributed by atoms with van der Waals surface area (Å²) in [7, 11) is 0. The zero-order chi connectivity index (χ0) is 31.3. The van der Waals surface area contributed by atoms with E-state index in [1.807, 2.05) is 18.5 Å². The minimum absolute atomic E-state index is 0.871. The molecule has 0 atom stereocenters. The van der Waals surface area contributed by atoms with Crippen molar-refractivity contribution in [3.63, 3.8) is 0 Å². The van der Waals surface area contributed by atoms with Gasteiger partial charge < -0.3 is 0 Å². The predicted molar refractivity (Wildman–Crippen MR) is 197 cm³/mol. The van der Waals surface area contributed by atoms with Crippen molar-refractivity contribution >= 4 is 43.4 Å². The van der Waals surface area contributed by atoms with Crippen molar-refractivity contribution in [2.24, 2.45) is 0 Å². The second-order valence-electron chi connectivity index (χ2n) is 12.1. The number of aryl methyl sites for hydroxylation is 1. The van der Waals surface area contributed by atoms with E-state index in [4.69, 9.17) is 4.98 Å². The zero-order valence-electron chi connectivity index (χ0n) is 26.1. The van der Waals surface area contributed by atoms with Crippen LogP contribution in [0.4, 0.5) is 0 Å². The van der Waals surface area contributed by atoms with Crippen LogP contribution in [-0.2, 0) is 6.42 Å². The van der Waals surface area contributed by atoms with Gasteiger partial charge >= 0.3 is 0 Å². The number of aromatic nitrogens is 3. The van der Waals surface area contributed by atoms with Gasteiger partial charge in [0.2, 0.25) is 0 Å². The van der Waals surface area contributed by atoms with Gasteiger partial charge in [0.15, 0.2) is 0 Å². The lowest BCUT2D eigenvalue weighted by atomic mass is 9.85. The minimum Gasteiger partial charge on any atom is -0.296 e. The van der Waals surface area contributed by atoms with E-state index in [0.717, 1.165) is 34.5 Å². The van der Waals surface area contributed by atoms with Crippen molar-refractivity contribution < 1.29 is 0 Å². The van der Waals surface area contributed by atoms with Crippen LogP contribution < -0.4 is 0 Å². The summed E-state index contributed by atoms with van der Waals surface area (Å²) in [6, 6.07) is 52.8. The Balaban J connectivity index is 1.20. The Labute approximate surface area is 273 Å². The van der Waals surface area contributed by atoms with Gasteiger partial charge in [-0.15, -0.1) is 0 Å². The summed E-state index contributed by atoms with van der Waals surface area (Å²) < 4.78 is 2.30. The molecule has 0 aliphatic carbocycles. The van der Waals surface area contributed by atoms with E-state index in [9.17, 15) is 0 Å². The Bertz CT molecular complexity index is 2540. The molecule has 0 saturated carbocycles. The average molecular weight is 602 g/mol. The number of nitrogens with zero attached hydrogens (tertiary/aromatic N) is 3. The van der Waals surface area contributed by atoms with Crippen LogP contribution in [0.25, 0.3) is 82.4 Å². The second-order valence-corrected chi connectivity index (χ2v) is 12.1. The first-order chi connectivity index (χ1) is 23.3. The number of hydrogen-bond acceptors (Lipinski definition) is 2. The van der Waals surface area contributed by atoms with Crippen LogP contribution in [0.5, 0.6) is 0 Å². The number of rotatable bonds is 5. The van der Waals surface area contributed by atoms with Crippen molar-refractivity contribution in [2.45, 2.75) is 13.3 Å². The van der Waals surface area contributed by atoms with Crippen LogP contribution in [0, 0.1) is 0 Å². The number of imidazole rings is 1. The van der Waals surface area contributed by atoms with Gasteiger partial charge in [-0.1, -0.05) is 116 Å².